The molecule has 0 saturated carbocycles. The predicted molar refractivity (Wildman–Crippen MR) is 215 cm³/mol. The molecule has 0 unspecified atom stereocenters. The first-order valence-corrected chi connectivity index (χ1v) is 16.6. The second-order valence-electron chi connectivity index (χ2n) is 12.5. The van der Waals surface area contributed by atoms with Crippen molar-refractivity contribution in [2.24, 2.45) is 0 Å². The van der Waals surface area contributed by atoms with Crippen molar-refractivity contribution in [2.45, 2.75) is 0 Å². The summed E-state index contributed by atoms with van der Waals surface area (Å²) in [5.74, 6) is 0.236. The van der Waals surface area contributed by atoms with E-state index in [1.165, 1.54) is 36.6 Å². The Morgan fingerprint density at radius 1 is 0.391 bits per heavy atom. The molecule has 8 heteroatoms. The highest BCUT2D eigenvalue weighted by Gasteiger charge is 2.27. The number of hydrogen-bond donors (Lipinski definition) is 2. The summed E-state index contributed by atoms with van der Waals surface area (Å²) in [5.41, 5.74) is 10.8. The maximum atomic E-state index is 12.2. The van der Waals surface area contributed by atoms with Crippen LogP contribution >= 0.6 is 11.3 Å². The van der Waals surface area contributed by atoms with Gasteiger partial charge in [-0.05, 0) is 71.6 Å². The summed E-state index contributed by atoms with van der Waals surface area (Å²) in [6.07, 6.45) is 0. The van der Waals surface area contributed by atoms with Gasteiger partial charge in [0.1, 0.15) is 50.7 Å². The Balaban J connectivity index is 1.48. The summed E-state index contributed by atoms with van der Waals surface area (Å²) in [6.45, 7) is 0. The average Bonchev–Trinajstić information content (AvgIpc) is 3.48. The zero-order valence-corrected chi connectivity index (χ0v) is 27.4. The molecule has 0 bridgehead atoms. The minimum Gasteiger partial charge on any atom is -0.508 e. The van der Waals surface area contributed by atoms with Gasteiger partial charge in [0.2, 0.25) is 0 Å². The molecular weight excluding hydrogens is 575 g/mol. The van der Waals surface area contributed by atoms with Gasteiger partial charge >= 0.3 is 0 Å². The fourth-order valence-electron chi connectivity index (χ4n) is 7.75. The van der Waals surface area contributed by atoms with Crippen LogP contribution in [0.3, 0.4) is 0 Å². The van der Waals surface area contributed by atoms with Crippen molar-refractivity contribution in [3.63, 3.8) is 0 Å². The van der Waals surface area contributed by atoms with Gasteiger partial charge in [0, 0.05) is 15.0 Å². The number of fused-ring (bicyclic) bond motifs is 5. The molecule has 0 aliphatic heterocycles. The van der Waals surface area contributed by atoms with Crippen molar-refractivity contribution in [3.8, 4) is 44.9 Å². The van der Waals surface area contributed by atoms with Crippen LogP contribution in [0.15, 0.2) is 103 Å². The molecule has 0 saturated heterocycles. The molecule has 0 aliphatic carbocycles. The topological polar surface area (TPSA) is 40.5 Å². The predicted octanol–water partition coefficient (Wildman–Crippen LogP) is 2.07. The first-order valence-electron chi connectivity index (χ1n) is 15.7. The Hall–Kier alpha value is -4.80. The summed E-state index contributed by atoms with van der Waals surface area (Å²) < 4.78 is 2.57. The molecule has 0 spiro atoms. The lowest BCUT2D eigenvalue weighted by molar-refractivity contribution is 0.460. The molecule has 1 heterocycles. The highest BCUT2D eigenvalue weighted by molar-refractivity contribution is 7.27. The Morgan fingerprint density at radius 2 is 0.848 bits per heavy atom. The molecule has 0 radical (unpaired) electrons. The third kappa shape index (κ3) is 3.96. The standard InChI is InChI=1S/C38H29B5O2S/c39-31-27-23-16-8-9-17-24(23)46-38(27)35(43)32(40)28(31)29-33(41)36(44)30(37(45)34(29)42)26-21-14-6-4-12-19(21)25(18-10-2-1-3-11-18)20-13-5-7-15-22(20)26/h1-17,44-45H,39-43H2. The van der Waals surface area contributed by atoms with E-state index in [0.29, 0.717) is 5.56 Å². The SMILES string of the molecule is Bc1c(O)c(-c2c3ccccc3c(-c3ccccc3)c3ccccc23)c(O)c(B)c1-c1c(B)c(B)c2sc3ccccc3c2c1B. The van der Waals surface area contributed by atoms with Gasteiger partial charge in [-0.15, -0.1) is 11.3 Å². The van der Waals surface area contributed by atoms with Crippen LogP contribution < -0.4 is 27.3 Å². The molecule has 0 fully saturated rings. The van der Waals surface area contributed by atoms with E-state index in [0.717, 1.165) is 60.3 Å². The number of hydrogen-bond acceptors (Lipinski definition) is 3. The highest BCUT2D eigenvalue weighted by Crippen LogP contribution is 2.48. The maximum absolute atomic E-state index is 12.2. The number of rotatable bonds is 3. The molecule has 7 aromatic carbocycles. The second kappa shape index (κ2) is 10.6. The number of thiophene rings is 1. The first kappa shape index (κ1) is 28.7. The van der Waals surface area contributed by atoms with Gasteiger partial charge in [-0.3, -0.25) is 0 Å². The van der Waals surface area contributed by atoms with Crippen LogP contribution in [0.4, 0.5) is 0 Å². The van der Waals surface area contributed by atoms with Crippen molar-refractivity contribution in [3.05, 3.63) is 103 Å². The van der Waals surface area contributed by atoms with E-state index in [4.69, 9.17) is 0 Å². The maximum Gasteiger partial charge on any atom is 0.145 e. The zero-order chi connectivity index (χ0) is 31.9. The number of benzene rings is 7. The number of phenols is 2. The number of aromatic hydroxyl groups is 2. The third-order valence-corrected chi connectivity index (χ3v) is 11.3. The Bertz CT molecular complexity index is 2470. The Labute approximate surface area is 276 Å². The van der Waals surface area contributed by atoms with Crippen molar-refractivity contribution >= 4 is 120 Å². The molecule has 0 amide bonds. The summed E-state index contributed by atoms with van der Waals surface area (Å²) in [7, 11) is 10.5. The van der Waals surface area contributed by atoms with Crippen LogP contribution in [0.5, 0.6) is 11.5 Å². The molecule has 0 atom stereocenters. The molecule has 1 aromatic heterocycles. The lowest BCUT2D eigenvalue weighted by atomic mass is 9.65. The summed E-state index contributed by atoms with van der Waals surface area (Å²) in [5, 5.41) is 31.1. The molecule has 214 valence electrons. The lowest BCUT2D eigenvalue weighted by Crippen LogP contribution is -2.37. The van der Waals surface area contributed by atoms with Crippen molar-refractivity contribution in [1.29, 1.82) is 0 Å². The van der Waals surface area contributed by atoms with E-state index < -0.39 is 0 Å². The molecule has 2 nitrogen and oxygen atoms in total. The smallest absolute Gasteiger partial charge is 0.145 e. The quantitative estimate of drug-likeness (QED) is 0.240. The molecular formula is C38H29B5O2S. The number of phenolic OH excluding ortho intramolecular Hbond substituents is 2. The van der Waals surface area contributed by atoms with E-state index in [-0.39, 0.29) is 11.5 Å². The van der Waals surface area contributed by atoms with E-state index in [1.807, 2.05) is 45.2 Å². The third-order valence-electron chi connectivity index (χ3n) is 10.1. The van der Waals surface area contributed by atoms with Crippen LogP contribution in [0, 0.1) is 0 Å². The molecule has 0 aliphatic rings. The van der Waals surface area contributed by atoms with E-state index in [9.17, 15) is 10.2 Å². The van der Waals surface area contributed by atoms with Gasteiger partial charge in [-0.25, -0.2) is 0 Å². The summed E-state index contributed by atoms with van der Waals surface area (Å²) in [6, 6.07) is 35.7. The largest absolute Gasteiger partial charge is 0.508 e. The minimum absolute atomic E-state index is 0.118. The highest BCUT2D eigenvalue weighted by atomic mass is 32.1. The van der Waals surface area contributed by atoms with Gasteiger partial charge in [0.25, 0.3) is 0 Å². The van der Waals surface area contributed by atoms with E-state index in [1.54, 1.807) is 0 Å². The van der Waals surface area contributed by atoms with Crippen LogP contribution in [-0.4, -0.2) is 49.4 Å². The van der Waals surface area contributed by atoms with E-state index in [2.05, 4.69) is 108 Å². The second-order valence-corrected chi connectivity index (χ2v) is 13.5. The molecule has 2 N–H and O–H groups in total. The fourth-order valence-corrected chi connectivity index (χ4v) is 9.07. The van der Waals surface area contributed by atoms with Gasteiger partial charge in [0.15, 0.2) is 0 Å². The van der Waals surface area contributed by atoms with Gasteiger partial charge in [0.05, 0.1) is 5.56 Å². The van der Waals surface area contributed by atoms with Crippen LogP contribution in [-0.2, 0) is 0 Å². The minimum atomic E-state index is 0.118. The Kier molecular flexibility index (Phi) is 6.63. The van der Waals surface area contributed by atoms with Crippen molar-refractivity contribution in [1.82, 2.24) is 0 Å². The van der Waals surface area contributed by atoms with Gasteiger partial charge < -0.3 is 10.2 Å². The van der Waals surface area contributed by atoms with Gasteiger partial charge in [-0.1, -0.05) is 113 Å². The van der Waals surface area contributed by atoms with Crippen LogP contribution in [0.25, 0.3) is 75.1 Å². The van der Waals surface area contributed by atoms with Crippen LogP contribution in [0.2, 0.25) is 0 Å². The molecule has 46 heavy (non-hydrogen) atoms. The molecule has 8 rings (SSSR count). The first-order chi connectivity index (χ1) is 22.3. The summed E-state index contributed by atoms with van der Waals surface area (Å²) in [4.78, 5) is 0. The van der Waals surface area contributed by atoms with Crippen molar-refractivity contribution in [2.75, 3.05) is 0 Å². The van der Waals surface area contributed by atoms with Gasteiger partial charge in [-0.2, -0.15) is 0 Å². The lowest BCUT2D eigenvalue weighted by Gasteiger charge is -2.25. The van der Waals surface area contributed by atoms with Crippen molar-refractivity contribution < 1.29 is 10.2 Å². The Morgan fingerprint density at radius 3 is 1.41 bits per heavy atom. The summed E-state index contributed by atoms with van der Waals surface area (Å²) >= 11 is 1.84. The fraction of sp³-hybridized carbons (Fsp3) is 0. The normalized spacial score (nSPS) is 11.7. The zero-order valence-electron chi connectivity index (χ0n) is 26.6. The van der Waals surface area contributed by atoms with Crippen LogP contribution in [0.1, 0.15) is 0 Å². The average molecular weight is 604 g/mol. The monoisotopic (exact) mass is 604 g/mol. The van der Waals surface area contributed by atoms with E-state index >= 15 is 0 Å². The molecule has 8 aromatic rings.